The van der Waals surface area contributed by atoms with Crippen LogP contribution in [-0.2, 0) is 4.79 Å². The van der Waals surface area contributed by atoms with Gasteiger partial charge in [-0.25, -0.2) is 0 Å². The van der Waals surface area contributed by atoms with Gasteiger partial charge < -0.3 is 11.1 Å². The van der Waals surface area contributed by atoms with Crippen molar-refractivity contribution in [2.75, 3.05) is 19.6 Å². The number of piperidine rings is 1. The predicted molar refractivity (Wildman–Crippen MR) is 83.7 cm³/mol. The van der Waals surface area contributed by atoms with Crippen molar-refractivity contribution in [3.05, 3.63) is 35.9 Å². The molecule has 3 N–H and O–H groups in total. The van der Waals surface area contributed by atoms with Gasteiger partial charge in [-0.3, -0.25) is 9.69 Å². The Morgan fingerprint density at radius 2 is 1.86 bits per heavy atom. The lowest BCUT2D eigenvalue weighted by Crippen LogP contribution is -2.45. The highest BCUT2D eigenvalue weighted by atomic mass is 16.2. The van der Waals surface area contributed by atoms with Crippen molar-refractivity contribution in [2.24, 2.45) is 11.7 Å². The molecule has 2 aliphatic rings. The number of carbonyl (C=O) groups is 1. The Morgan fingerprint density at radius 3 is 2.48 bits per heavy atom. The topological polar surface area (TPSA) is 58.4 Å². The molecule has 1 aliphatic heterocycles. The molecule has 2 fully saturated rings. The van der Waals surface area contributed by atoms with E-state index in [0.29, 0.717) is 18.5 Å². The van der Waals surface area contributed by atoms with Crippen molar-refractivity contribution < 1.29 is 4.79 Å². The van der Waals surface area contributed by atoms with Crippen LogP contribution in [0.25, 0.3) is 0 Å². The van der Waals surface area contributed by atoms with Gasteiger partial charge in [0.2, 0.25) is 5.91 Å². The molecule has 1 aromatic carbocycles. The molecule has 1 saturated carbocycles. The van der Waals surface area contributed by atoms with Crippen LogP contribution in [0, 0.1) is 5.92 Å². The molecule has 1 saturated heterocycles. The maximum absolute atomic E-state index is 12.3. The van der Waals surface area contributed by atoms with Gasteiger partial charge in [0.15, 0.2) is 0 Å². The summed E-state index contributed by atoms with van der Waals surface area (Å²) in [5.74, 6) is 0.761. The molecule has 1 unspecified atom stereocenters. The molecule has 1 aromatic rings. The first-order valence-electron chi connectivity index (χ1n) is 8.04. The van der Waals surface area contributed by atoms with Crippen LogP contribution in [0.4, 0.5) is 0 Å². The molecule has 0 bridgehead atoms. The monoisotopic (exact) mass is 287 g/mol. The summed E-state index contributed by atoms with van der Waals surface area (Å²) in [5.41, 5.74) is 7.14. The Balaban J connectivity index is 1.55. The van der Waals surface area contributed by atoms with E-state index in [1.54, 1.807) is 0 Å². The summed E-state index contributed by atoms with van der Waals surface area (Å²) in [5, 5.41) is 3.24. The van der Waals surface area contributed by atoms with E-state index in [1.807, 2.05) is 18.2 Å². The number of benzene rings is 1. The number of amides is 1. The number of likely N-dealkylation sites (tertiary alicyclic amines) is 1. The number of carbonyl (C=O) groups excluding carboxylic acids is 1. The maximum Gasteiger partial charge on any atom is 0.234 e. The van der Waals surface area contributed by atoms with Gasteiger partial charge in [-0.05, 0) is 37.2 Å². The lowest BCUT2D eigenvalue weighted by atomic mass is 10.0. The number of nitrogens with two attached hydrogens (primary N) is 1. The van der Waals surface area contributed by atoms with Gasteiger partial charge in [-0.1, -0.05) is 30.3 Å². The Hall–Kier alpha value is -1.39. The Morgan fingerprint density at radius 1 is 1.19 bits per heavy atom. The average molecular weight is 287 g/mol. The van der Waals surface area contributed by atoms with E-state index in [-0.39, 0.29) is 11.9 Å². The summed E-state index contributed by atoms with van der Waals surface area (Å²) in [7, 11) is 0. The minimum atomic E-state index is 0.145. The fourth-order valence-corrected chi connectivity index (χ4v) is 3.10. The largest absolute Gasteiger partial charge is 0.348 e. The molecule has 0 spiro atoms. The highest BCUT2D eigenvalue weighted by Gasteiger charge is 2.33. The van der Waals surface area contributed by atoms with Gasteiger partial charge >= 0.3 is 0 Å². The SMILES string of the molecule is NC1CCN(CC(=O)NC(c2ccccc2)C2CC2)CC1. The van der Waals surface area contributed by atoms with E-state index in [9.17, 15) is 4.79 Å². The van der Waals surface area contributed by atoms with Crippen LogP contribution in [0.1, 0.15) is 37.3 Å². The first-order valence-corrected chi connectivity index (χ1v) is 8.04. The second-order valence-corrected chi connectivity index (χ2v) is 6.41. The molecule has 1 atom stereocenters. The predicted octanol–water partition coefficient (Wildman–Crippen LogP) is 1.68. The molecule has 1 aliphatic carbocycles. The summed E-state index contributed by atoms with van der Waals surface area (Å²) in [6, 6.07) is 10.8. The number of hydrogen-bond donors (Lipinski definition) is 2. The molecule has 0 radical (unpaired) electrons. The number of hydrogen-bond acceptors (Lipinski definition) is 3. The molecular weight excluding hydrogens is 262 g/mol. The molecule has 0 aromatic heterocycles. The Labute approximate surface area is 126 Å². The molecular formula is C17H25N3O. The van der Waals surface area contributed by atoms with Gasteiger partial charge in [-0.2, -0.15) is 0 Å². The lowest BCUT2D eigenvalue weighted by molar-refractivity contribution is -0.123. The Kier molecular flexibility index (Phi) is 4.56. The highest BCUT2D eigenvalue weighted by molar-refractivity contribution is 5.78. The zero-order chi connectivity index (χ0) is 14.7. The summed E-state index contributed by atoms with van der Waals surface area (Å²) >= 11 is 0. The van der Waals surface area contributed by atoms with Crippen molar-refractivity contribution >= 4 is 5.91 Å². The van der Waals surface area contributed by atoms with E-state index >= 15 is 0 Å². The van der Waals surface area contributed by atoms with E-state index in [1.165, 1.54) is 18.4 Å². The summed E-state index contributed by atoms with van der Waals surface area (Å²) in [6.45, 7) is 2.38. The van der Waals surface area contributed by atoms with Gasteiger partial charge in [0.25, 0.3) is 0 Å². The van der Waals surface area contributed by atoms with Gasteiger partial charge in [0, 0.05) is 19.1 Å². The number of rotatable bonds is 5. The Bertz CT molecular complexity index is 464. The molecule has 3 rings (SSSR count). The van der Waals surface area contributed by atoms with Crippen LogP contribution < -0.4 is 11.1 Å². The van der Waals surface area contributed by atoms with Crippen LogP contribution in [0.5, 0.6) is 0 Å². The third-order valence-corrected chi connectivity index (χ3v) is 4.57. The summed E-state index contributed by atoms with van der Waals surface area (Å²) in [4.78, 5) is 14.5. The van der Waals surface area contributed by atoms with E-state index < -0.39 is 0 Å². The molecule has 4 nitrogen and oxygen atoms in total. The van der Waals surface area contributed by atoms with Crippen molar-refractivity contribution in [2.45, 2.75) is 37.8 Å². The lowest BCUT2D eigenvalue weighted by Gasteiger charge is -2.30. The van der Waals surface area contributed by atoms with E-state index in [2.05, 4.69) is 22.3 Å². The van der Waals surface area contributed by atoms with Gasteiger partial charge in [-0.15, -0.1) is 0 Å². The first kappa shape index (κ1) is 14.5. The molecule has 114 valence electrons. The zero-order valence-corrected chi connectivity index (χ0v) is 12.5. The van der Waals surface area contributed by atoms with Crippen molar-refractivity contribution in [3.63, 3.8) is 0 Å². The minimum absolute atomic E-state index is 0.145. The van der Waals surface area contributed by atoms with E-state index in [4.69, 9.17) is 5.73 Å². The quantitative estimate of drug-likeness (QED) is 0.866. The van der Waals surface area contributed by atoms with Crippen LogP contribution in [0.15, 0.2) is 30.3 Å². The van der Waals surface area contributed by atoms with Crippen molar-refractivity contribution in [3.8, 4) is 0 Å². The van der Waals surface area contributed by atoms with E-state index in [0.717, 1.165) is 25.9 Å². The summed E-state index contributed by atoms with van der Waals surface area (Å²) < 4.78 is 0. The fourth-order valence-electron chi connectivity index (χ4n) is 3.10. The zero-order valence-electron chi connectivity index (χ0n) is 12.5. The van der Waals surface area contributed by atoms with Gasteiger partial charge in [0.1, 0.15) is 0 Å². The minimum Gasteiger partial charge on any atom is -0.348 e. The third kappa shape index (κ3) is 4.05. The first-order chi connectivity index (χ1) is 10.2. The van der Waals surface area contributed by atoms with Gasteiger partial charge in [0.05, 0.1) is 12.6 Å². The van der Waals surface area contributed by atoms with Crippen molar-refractivity contribution in [1.29, 1.82) is 0 Å². The third-order valence-electron chi connectivity index (χ3n) is 4.57. The summed E-state index contributed by atoms with van der Waals surface area (Å²) in [6.07, 6.45) is 4.44. The normalized spacial score (nSPS) is 22.0. The molecule has 1 amide bonds. The van der Waals surface area contributed by atoms with Crippen LogP contribution in [0.2, 0.25) is 0 Å². The fraction of sp³-hybridized carbons (Fsp3) is 0.588. The number of nitrogens with one attached hydrogen (secondary N) is 1. The molecule has 4 heteroatoms. The van der Waals surface area contributed by atoms with Crippen LogP contribution >= 0.6 is 0 Å². The van der Waals surface area contributed by atoms with Crippen LogP contribution in [0.3, 0.4) is 0 Å². The standard InChI is InChI=1S/C17H25N3O/c18-15-8-10-20(11-9-15)12-16(21)19-17(14-6-7-14)13-4-2-1-3-5-13/h1-5,14-15,17H,6-12,18H2,(H,19,21). The second kappa shape index (κ2) is 6.58. The average Bonchev–Trinajstić information content (AvgIpc) is 3.33. The van der Waals surface area contributed by atoms with Crippen molar-refractivity contribution in [1.82, 2.24) is 10.2 Å². The maximum atomic E-state index is 12.3. The van der Waals surface area contributed by atoms with Crippen LogP contribution in [-0.4, -0.2) is 36.5 Å². The molecule has 1 heterocycles. The molecule has 21 heavy (non-hydrogen) atoms. The second-order valence-electron chi connectivity index (χ2n) is 6.41. The smallest absolute Gasteiger partial charge is 0.234 e. The number of nitrogens with zero attached hydrogens (tertiary/aromatic N) is 1. The highest BCUT2D eigenvalue weighted by Crippen LogP contribution is 2.40.